The molecule has 3 rings (SSSR count). The van der Waals surface area contributed by atoms with Crippen molar-refractivity contribution in [3.63, 3.8) is 0 Å². The summed E-state index contributed by atoms with van der Waals surface area (Å²) < 4.78 is 27.1. The van der Waals surface area contributed by atoms with Crippen molar-refractivity contribution >= 4 is 33.4 Å². The number of carbonyl (C=O) groups excluding carboxylic acids is 1. The highest BCUT2D eigenvalue weighted by Crippen LogP contribution is 2.37. The molecule has 0 fully saturated rings. The maximum absolute atomic E-state index is 12.9. The lowest BCUT2D eigenvalue weighted by molar-refractivity contribution is 0.0891. The van der Waals surface area contributed by atoms with E-state index in [-0.39, 0.29) is 23.4 Å². The minimum Gasteiger partial charge on any atom is -0.347 e. The third kappa shape index (κ3) is 8.14. The molecule has 36 heavy (non-hydrogen) atoms. The van der Waals surface area contributed by atoms with Gasteiger partial charge in [0.2, 0.25) is 10.0 Å². The number of hydrogen-bond donors (Lipinski definition) is 1. The highest BCUT2D eigenvalue weighted by atomic mass is 32.2. The first-order chi connectivity index (χ1) is 16.7. The molecule has 0 aliphatic carbocycles. The van der Waals surface area contributed by atoms with Crippen LogP contribution in [-0.2, 0) is 16.6 Å². The molecule has 0 aliphatic heterocycles. The Balaban J connectivity index is 1.81. The zero-order valence-corrected chi connectivity index (χ0v) is 23.5. The number of para-hydroxylation sites is 1. The lowest BCUT2D eigenvalue weighted by Gasteiger charge is -2.33. The number of nitrogens with zero attached hydrogens (tertiary/aromatic N) is 1. The highest BCUT2D eigenvalue weighted by Gasteiger charge is 2.27. The Kier molecular flexibility index (Phi) is 8.57. The predicted molar refractivity (Wildman–Crippen MR) is 150 cm³/mol. The molecule has 0 saturated heterocycles. The number of anilines is 1. The van der Waals surface area contributed by atoms with E-state index >= 15 is 0 Å². The Hall–Kier alpha value is -2.77. The van der Waals surface area contributed by atoms with E-state index in [9.17, 15) is 13.2 Å². The van der Waals surface area contributed by atoms with Crippen molar-refractivity contribution in [1.82, 2.24) is 5.32 Å². The number of rotatable bonds is 9. The third-order valence-corrected chi connectivity index (χ3v) is 7.67. The largest absolute Gasteiger partial charge is 0.347 e. The average Bonchev–Trinajstić information content (AvgIpc) is 2.76. The summed E-state index contributed by atoms with van der Waals surface area (Å²) in [4.78, 5) is 14.7. The number of benzene rings is 3. The lowest BCUT2D eigenvalue weighted by Crippen LogP contribution is -2.45. The fraction of sp³-hybridized carbons (Fsp3) is 0.345. The van der Waals surface area contributed by atoms with Crippen LogP contribution < -0.4 is 9.62 Å². The van der Waals surface area contributed by atoms with Gasteiger partial charge in [0.15, 0.2) is 0 Å². The number of amides is 1. The van der Waals surface area contributed by atoms with E-state index in [1.807, 2.05) is 80.6 Å². The molecule has 5 nitrogen and oxygen atoms in total. The molecular weight excluding hydrogens is 488 g/mol. The van der Waals surface area contributed by atoms with Gasteiger partial charge in [0.05, 0.1) is 18.5 Å². The van der Waals surface area contributed by atoms with Crippen LogP contribution in [-0.4, -0.2) is 26.1 Å². The van der Waals surface area contributed by atoms with E-state index in [0.29, 0.717) is 11.3 Å². The van der Waals surface area contributed by atoms with Crippen molar-refractivity contribution in [2.45, 2.75) is 62.9 Å². The molecule has 0 atom stereocenters. The van der Waals surface area contributed by atoms with Gasteiger partial charge in [-0.1, -0.05) is 75.0 Å². The summed E-state index contributed by atoms with van der Waals surface area (Å²) in [7, 11) is -3.56. The second-order valence-electron chi connectivity index (χ2n) is 10.9. The van der Waals surface area contributed by atoms with Gasteiger partial charge in [-0.2, -0.15) is 0 Å². The van der Waals surface area contributed by atoms with Crippen LogP contribution in [0.15, 0.2) is 88.7 Å². The van der Waals surface area contributed by atoms with Gasteiger partial charge in [0.25, 0.3) is 5.91 Å². The van der Waals surface area contributed by atoms with Gasteiger partial charge in [0.1, 0.15) is 0 Å². The third-order valence-electron chi connectivity index (χ3n) is 5.47. The Morgan fingerprint density at radius 1 is 0.861 bits per heavy atom. The Labute approximate surface area is 220 Å². The van der Waals surface area contributed by atoms with Gasteiger partial charge in [-0.3, -0.25) is 9.10 Å². The topological polar surface area (TPSA) is 66.5 Å². The summed E-state index contributed by atoms with van der Waals surface area (Å²) in [5.41, 5.74) is 1.71. The average molecular weight is 525 g/mol. The van der Waals surface area contributed by atoms with Crippen LogP contribution in [0.3, 0.4) is 0 Å². The summed E-state index contributed by atoms with van der Waals surface area (Å²) in [6.45, 7) is 10.7. The van der Waals surface area contributed by atoms with E-state index in [2.05, 4.69) is 26.1 Å². The molecule has 1 N–H and O–H groups in total. The van der Waals surface area contributed by atoms with Crippen LogP contribution in [0.2, 0.25) is 0 Å². The van der Waals surface area contributed by atoms with Gasteiger partial charge >= 0.3 is 0 Å². The Morgan fingerprint density at radius 3 is 2.03 bits per heavy atom. The molecule has 0 saturated carbocycles. The van der Waals surface area contributed by atoms with Gasteiger partial charge in [-0.15, -0.1) is 0 Å². The molecule has 3 aromatic carbocycles. The van der Waals surface area contributed by atoms with Crippen molar-refractivity contribution in [2.24, 2.45) is 5.41 Å². The summed E-state index contributed by atoms with van der Waals surface area (Å²) in [5.74, 6) is -0.139. The molecule has 0 unspecified atom stereocenters. The summed E-state index contributed by atoms with van der Waals surface area (Å²) in [5, 5.41) is 3.12. The number of hydrogen-bond acceptors (Lipinski definition) is 4. The molecule has 192 valence electrons. The SMILES string of the molecule is CC(C)(C)CC(C)(C)NC(=O)c1ccc(CN(c2ccccc2Sc2ccccc2)S(C)(=O)=O)cc1. The predicted octanol–water partition coefficient (Wildman–Crippen LogP) is 6.75. The maximum atomic E-state index is 12.9. The van der Waals surface area contributed by atoms with E-state index in [1.54, 1.807) is 12.1 Å². The van der Waals surface area contributed by atoms with Crippen molar-refractivity contribution < 1.29 is 13.2 Å². The molecule has 0 spiro atoms. The molecule has 0 aromatic heterocycles. The van der Waals surface area contributed by atoms with Gasteiger partial charge in [-0.25, -0.2) is 8.42 Å². The zero-order valence-electron chi connectivity index (χ0n) is 21.9. The molecule has 7 heteroatoms. The van der Waals surface area contributed by atoms with E-state index in [1.165, 1.54) is 22.3 Å². The first-order valence-electron chi connectivity index (χ1n) is 11.9. The van der Waals surface area contributed by atoms with Crippen LogP contribution in [0.1, 0.15) is 57.0 Å². The molecular formula is C29H36N2O3S2. The highest BCUT2D eigenvalue weighted by molar-refractivity contribution is 7.99. The first-order valence-corrected chi connectivity index (χ1v) is 14.6. The molecule has 0 aliphatic rings. The van der Waals surface area contributed by atoms with Crippen molar-refractivity contribution in [1.29, 1.82) is 0 Å². The second kappa shape index (κ2) is 11.1. The maximum Gasteiger partial charge on any atom is 0.251 e. The Morgan fingerprint density at radius 2 is 1.44 bits per heavy atom. The fourth-order valence-electron chi connectivity index (χ4n) is 4.42. The molecule has 0 heterocycles. The van der Waals surface area contributed by atoms with Gasteiger partial charge in [-0.05, 0) is 67.6 Å². The fourth-order valence-corrected chi connectivity index (χ4v) is 6.36. The summed E-state index contributed by atoms with van der Waals surface area (Å²) in [6, 6.07) is 24.5. The van der Waals surface area contributed by atoms with Crippen molar-refractivity contribution in [3.8, 4) is 0 Å². The smallest absolute Gasteiger partial charge is 0.251 e. The Bertz CT molecular complexity index is 1280. The monoisotopic (exact) mass is 524 g/mol. The molecule has 0 bridgehead atoms. The van der Waals surface area contributed by atoms with Gasteiger partial charge < -0.3 is 5.32 Å². The molecule has 0 radical (unpaired) electrons. The van der Waals surface area contributed by atoms with Crippen LogP contribution >= 0.6 is 11.8 Å². The summed E-state index contributed by atoms with van der Waals surface area (Å²) in [6.07, 6.45) is 2.06. The first kappa shape index (κ1) is 27.8. The van der Waals surface area contributed by atoms with E-state index in [4.69, 9.17) is 0 Å². The number of sulfonamides is 1. The number of nitrogens with one attached hydrogen (secondary N) is 1. The zero-order chi connectivity index (χ0) is 26.6. The molecule has 1 amide bonds. The minimum absolute atomic E-state index is 0.0881. The van der Waals surface area contributed by atoms with Crippen LogP contribution in [0.25, 0.3) is 0 Å². The second-order valence-corrected chi connectivity index (χ2v) is 13.9. The van der Waals surface area contributed by atoms with Crippen LogP contribution in [0.4, 0.5) is 5.69 Å². The van der Waals surface area contributed by atoms with Crippen LogP contribution in [0.5, 0.6) is 0 Å². The van der Waals surface area contributed by atoms with Crippen LogP contribution in [0, 0.1) is 5.41 Å². The number of carbonyl (C=O) groups is 1. The summed E-state index contributed by atoms with van der Waals surface area (Å²) >= 11 is 1.53. The normalized spacial score (nSPS) is 12.3. The van der Waals surface area contributed by atoms with E-state index < -0.39 is 10.0 Å². The lowest BCUT2D eigenvalue weighted by atomic mass is 9.81. The standard InChI is InChI=1S/C29H36N2O3S2/c1-28(2,3)21-29(4,5)30-27(32)23-18-16-22(17-19-23)20-31(36(6,33)34)25-14-10-11-15-26(25)35-24-12-8-7-9-13-24/h7-19H,20-21H2,1-6H3,(H,30,32). The van der Waals surface area contributed by atoms with Crippen molar-refractivity contribution in [3.05, 3.63) is 90.0 Å². The minimum atomic E-state index is -3.56. The quantitative estimate of drug-likeness (QED) is 0.336. The van der Waals surface area contributed by atoms with Crippen molar-refractivity contribution in [2.75, 3.05) is 10.6 Å². The molecule has 3 aromatic rings. The van der Waals surface area contributed by atoms with E-state index in [0.717, 1.165) is 21.8 Å². The van der Waals surface area contributed by atoms with Gasteiger partial charge in [0, 0.05) is 20.9 Å².